The Hall–Kier alpha value is -1.66. The summed E-state index contributed by atoms with van der Waals surface area (Å²) < 4.78 is 23.8. The molecule has 0 spiro atoms. The summed E-state index contributed by atoms with van der Waals surface area (Å²) in [4.78, 5) is 20.8. The minimum atomic E-state index is -4.01. The normalized spacial score (nSPS) is 12.7. The zero-order chi connectivity index (χ0) is 12.8. The standard InChI is InChI=1S/C7H10N2O6S/c8-3-4-16(14,15)9-5(7(12)13)1-2-6(10)11/h5,9H,1-2,4H2,(H,10,11)(H,12,13). The molecule has 1 unspecified atom stereocenters. The number of carboxylic acid groups (broad SMARTS) is 2. The third kappa shape index (κ3) is 5.94. The lowest BCUT2D eigenvalue weighted by molar-refractivity contribution is -0.140. The molecule has 1 atom stereocenters. The Labute approximate surface area is 91.5 Å². The summed E-state index contributed by atoms with van der Waals surface area (Å²) in [5.41, 5.74) is 0. The van der Waals surface area contributed by atoms with Crippen molar-refractivity contribution in [1.82, 2.24) is 4.72 Å². The van der Waals surface area contributed by atoms with Crippen molar-refractivity contribution in [2.45, 2.75) is 18.9 Å². The molecule has 0 bridgehead atoms. The Balaban J connectivity index is 4.53. The van der Waals surface area contributed by atoms with Gasteiger partial charge in [0, 0.05) is 6.42 Å². The van der Waals surface area contributed by atoms with Crippen molar-refractivity contribution in [2.75, 3.05) is 5.75 Å². The number of carbonyl (C=O) groups is 2. The third-order valence-electron chi connectivity index (χ3n) is 1.52. The zero-order valence-corrected chi connectivity index (χ0v) is 8.90. The molecule has 0 rings (SSSR count). The Morgan fingerprint density at radius 2 is 1.94 bits per heavy atom. The van der Waals surface area contributed by atoms with Crippen LogP contribution in [0.3, 0.4) is 0 Å². The summed E-state index contributed by atoms with van der Waals surface area (Å²) >= 11 is 0. The van der Waals surface area contributed by atoms with Gasteiger partial charge < -0.3 is 10.2 Å². The van der Waals surface area contributed by atoms with Gasteiger partial charge in [0.2, 0.25) is 10.0 Å². The molecule has 0 aromatic rings. The van der Waals surface area contributed by atoms with E-state index in [1.165, 1.54) is 6.07 Å². The summed E-state index contributed by atoms with van der Waals surface area (Å²) in [6.07, 6.45) is -0.860. The largest absolute Gasteiger partial charge is 0.481 e. The number of nitrogens with one attached hydrogen (secondary N) is 1. The first-order chi connectivity index (χ1) is 7.28. The highest BCUT2D eigenvalue weighted by Gasteiger charge is 2.24. The lowest BCUT2D eigenvalue weighted by Crippen LogP contribution is -2.41. The van der Waals surface area contributed by atoms with Crippen LogP contribution in [0.4, 0.5) is 0 Å². The van der Waals surface area contributed by atoms with Crippen molar-refractivity contribution < 1.29 is 28.2 Å². The van der Waals surface area contributed by atoms with Crippen LogP contribution in [0.2, 0.25) is 0 Å². The maximum Gasteiger partial charge on any atom is 0.321 e. The molecule has 0 saturated carbocycles. The molecule has 9 heteroatoms. The monoisotopic (exact) mass is 250 g/mol. The first-order valence-electron chi connectivity index (χ1n) is 4.10. The van der Waals surface area contributed by atoms with Crippen molar-refractivity contribution in [3.8, 4) is 6.07 Å². The fourth-order valence-electron chi connectivity index (χ4n) is 0.844. The van der Waals surface area contributed by atoms with Crippen LogP contribution in [0, 0.1) is 11.3 Å². The summed E-state index contributed by atoms with van der Waals surface area (Å²) in [7, 11) is -4.01. The van der Waals surface area contributed by atoms with Crippen LogP contribution in [0.5, 0.6) is 0 Å². The smallest absolute Gasteiger partial charge is 0.321 e. The van der Waals surface area contributed by atoms with E-state index >= 15 is 0 Å². The van der Waals surface area contributed by atoms with Crippen LogP contribution in [0.15, 0.2) is 0 Å². The molecule has 8 nitrogen and oxygen atoms in total. The Morgan fingerprint density at radius 1 is 1.38 bits per heavy atom. The number of rotatable bonds is 7. The highest BCUT2D eigenvalue weighted by molar-refractivity contribution is 7.89. The zero-order valence-electron chi connectivity index (χ0n) is 8.08. The molecule has 0 aromatic heterocycles. The van der Waals surface area contributed by atoms with Crippen molar-refractivity contribution in [2.24, 2.45) is 0 Å². The van der Waals surface area contributed by atoms with E-state index in [0.717, 1.165) is 0 Å². The predicted molar refractivity (Wildman–Crippen MR) is 50.8 cm³/mol. The summed E-state index contributed by atoms with van der Waals surface area (Å²) in [5.74, 6) is -3.59. The van der Waals surface area contributed by atoms with E-state index in [-0.39, 0.29) is 6.42 Å². The molecule has 0 aliphatic rings. The first kappa shape index (κ1) is 14.3. The van der Waals surface area contributed by atoms with E-state index in [4.69, 9.17) is 15.5 Å². The fraction of sp³-hybridized carbons (Fsp3) is 0.571. The number of hydrogen-bond donors (Lipinski definition) is 3. The van der Waals surface area contributed by atoms with Gasteiger partial charge in [-0.1, -0.05) is 0 Å². The maximum atomic E-state index is 11.0. The fourth-order valence-corrected chi connectivity index (χ4v) is 1.75. The van der Waals surface area contributed by atoms with Crippen molar-refractivity contribution in [3.63, 3.8) is 0 Å². The van der Waals surface area contributed by atoms with E-state index in [1.807, 2.05) is 0 Å². The van der Waals surface area contributed by atoms with Crippen LogP contribution in [0.25, 0.3) is 0 Å². The second-order valence-electron chi connectivity index (χ2n) is 2.86. The van der Waals surface area contributed by atoms with Crippen LogP contribution < -0.4 is 4.72 Å². The first-order valence-corrected chi connectivity index (χ1v) is 5.75. The predicted octanol–water partition coefficient (Wildman–Crippen LogP) is -1.25. The second kappa shape index (κ2) is 6.04. The van der Waals surface area contributed by atoms with Gasteiger partial charge in [0.15, 0.2) is 5.75 Å². The molecule has 0 heterocycles. The van der Waals surface area contributed by atoms with Gasteiger partial charge >= 0.3 is 11.9 Å². The minimum Gasteiger partial charge on any atom is -0.481 e. The molecule has 0 saturated heterocycles. The Kier molecular flexibility index (Phi) is 5.41. The van der Waals surface area contributed by atoms with Gasteiger partial charge in [-0.15, -0.1) is 0 Å². The molecule has 3 N–H and O–H groups in total. The third-order valence-corrected chi connectivity index (χ3v) is 2.67. The summed E-state index contributed by atoms with van der Waals surface area (Å²) in [5, 5.41) is 25.1. The van der Waals surface area contributed by atoms with Gasteiger partial charge in [-0.2, -0.15) is 5.26 Å². The van der Waals surface area contributed by atoms with Crippen LogP contribution in [-0.4, -0.2) is 42.4 Å². The Bertz CT molecular complexity index is 409. The Morgan fingerprint density at radius 3 is 2.31 bits per heavy atom. The topological polar surface area (TPSA) is 145 Å². The van der Waals surface area contributed by atoms with E-state index in [1.54, 1.807) is 4.72 Å². The summed E-state index contributed by atoms with van der Waals surface area (Å²) in [6, 6.07) is -0.175. The average molecular weight is 250 g/mol. The van der Waals surface area contributed by atoms with Crippen LogP contribution >= 0.6 is 0 Å². The van der Waals surface area contributed by atoms with Crippen LogP contribution in [0.1, 0.15) is 12.8 Å². The van der Waals surface area contributed by atoms with Gasteiger partial charge in [-0.3, -0.25) is 9.59 Å². The van der Waals surface area contributed by atoms with Crippen LogP contribution in [-0.2, 0) is 19.6 Å². The quantitative estimate of drug-likeness (QED) is 0.511. The molecule has 0 amide bonds. The molecular formula is C7H10N2O6S. The van der Waals surface area contributed by atoms with E-state index in [9.17, 15) is 18.0 Å². The molecule has 0 aliphatic carbocycles. The molecule has 0 aliphatic heterocycles. The van der Waals surface area contributed by atoms with Gasteiger partial charge in [-0.25, -0.2) is 13.1 Å². The summed E-state index contributed by atoms with van der Waals surface area (Å²) in [6.45, 7) is 0. The number of nitriles is 1. The maximum absolute atomic E-state index is 11.0. The van der Waals surface area contributed by atoms with Gasteiger partial charge in [0.1, 0.15) is 6.04 Å². The lowest BCUT2D eigenvalue weighted by Gasteiger charge is -2.11. The van der Waals surface area contributed by atoms with Crippen molar-refractivity contribution in [3.05, 3.63) is 0 Å². The van der Waals surface area contributed by atoms with Crippen molar-refractivity contribution >= 4 is 22.0 Å². The number of aliphatic carboxylic acids is 2. The SMILES string of the molecule is N#CCS(=O)(=O)NC(CCC(=O)O)C(=O)O. The van der Waals surface area contributed by atoms with Crippen molar-refractivity contribution in [1.29, 1.82) is 5.26 Å². The molecular weight excluding hydrogens is 240 g/mol. The molecule has 0 radical (unpaired) electrons. The molecule has 0 fully saturated rings. The number of sulfonamides is 1. The minimum absolute atomic E-state index is 0.380. The molecule has 90 valence electrons. The van der Waals surface area contributed by atoms with Gasteiger partial charge in [-0.05, 0) is 6.42 Å². The lowest BCUT2D eigenvalue weighted by atomic mass is 10.2. The highest BCUT2D eigenvalue weighted by atomic mass is 32.2. The number of hydrogen-bond acceptors (Lipinski definition) is 5. The number of carboxylic acids is 2. The molecule has 0 aromatic carbocycles. The van der Waals surface area contributed by atoms with Gasteiger partial charge in [0.25, 0.3) is 0 Å². The second-order valence-corrected chi connectivity index (χ2v) is 4.61. The van der Waals surface area contributed by atoms with Gasteiger partial charge in [0.05, 0.1) is 6.07 Å². The van der Waals surface area contributed by atoms with E-state index < -0.39 is 40.2 Å². The molecule has 16 heavy (non-hydrogen) atoms. The van der Waals surface area contributed by atoms with E-state index in [2.05, 4.69) is 0 Å². The van der Waals surface area contributed by atoms with E-state index in [0.29, 0.717) is 0 Å². The highest BCUT2D eigenvalue weighted by Crippen LogP contribution is 2.00. The number of nitrogens with zero attached hydrogens (tertiary/aromatic N) is 1. The average Bonchev–Trinajstić information content (AvgIpc) is 2.11.